The maximum absolute atomic E-state index is 14.0. The number of carboxylic acid groups (broad SMARTS) is 1. The third-order valence-corrected chi connectivity index (χ3v) is 7.39. The number of carbonyl (C=O) groups is 2. The Bertz CT molecular complexity index is 1210. The minimum Gasteiger partial charge on any atom is -0.481 e. The average Bonchev–Trinajstić information content (AvgIpc) is 2.88. The van der Waals surface area contributed by atoms with Crippen LogP contribution in [0.15, 0.2) is 0 Å². The van der Waals surface area contributed by atoms with Crippen molar-refractivity contribution < 1.29 is 116 Å². The Labute approximate surface area is 259 Å². The van der Waals surface area contributed by atoms with E-state index in [4.69, 9.17) is 10.8 Å². The number of hydrogen-bond donors (Lipinski definition) is 4. The molecule has 0 aromatic carbocycles. The van der Waals surface area contributed by atoms with Gasteiger partial charge in [-0.05, 0) is 0 Å². The molecule has 0 bridgehead atoms. The molecule has 0 aliphatic carbocycles. The van der Waals surface area contributed by atoms with Gasteiger partial charge in [-0.3, -0.25) is 13.8 Å². The number of rotatable bonds is 19. The normalized spacial score (nSPS) is 17.0. The van der Waals surface area contributed by atoms with E-state index < -0.39 is 132 Å². The number of hydrogen-bond acceptors (Lipinski definition) is 5. The SMILES string of the molecule is NC(CC(=O)O)CC(O)NC(=O)CCS(=O)CCC(F)(F)C(F)(F)C(F)(F)C(F)(F)C(F)(F)C(F)(F)C(F)(F)C(F)(F)C(F)(F)C(F)(F)F. The number of carbonyl (C=O) groups excluding carboxylic acids is 1. The zero-order valence-electron chi connectivity index (χ0n) is 22.9. The van der Waals surface area contributed by atoms with Crippen LogP contribution >= 0.6 is 0 Å². The van der Waals surface area contributed by atoms with Crippen molar-refractivity contribution in [1.29, 1.82) is 0 Å². The highest BCUT2D eigenvalue weighted by Crippen LogP contribution is 2.66. The number of nitrogens with one attached hydrogen (secondary N) is 1. The summed E-state index contributed by atoms with van der Waals surface area (Å²) in [6.45, 7) is 0. The molecule has 0 spiro atoms. The zero-order valence-corrected chi connectivity index (χ0v) is 23.8. The molecule has 49 heavy (non-hydrogen) atoms. The first-order valence-electron chi connectivity index (χ1n) is 12.0. The molecular weight excluding hydrogens is 779 g/mol. The Balaban J connectivity index is 6.11. The molecule has 0 aliphatic heterocycles. The lowest BCUT2D eigenvalue weighted by molar-refractivity contribution is -0.474. The summed E-state index contributed by atoms with van der Waals surface area (Å²) in [4.78, 5) is 22.1. The lowest BCUT2D eigenvalue weighted by atomic mass is 9.86. The van der Waals surface area contributed by atoms with Gasteiger partial charge >= 0.3 is 65.4 Å². The number of halogens is 21. The quantitative estimate of drug-likeness (QED) is 0.102. The Morgan fingerprint density at radius 3 is 1.31 bits per heavy atom. The van der Waals surface area contributed by atoms with E-state index in [1.54, 1.807) is 5.32 Å². The van der Waals surface area contributed by atoms with Crippen molar-refractivity contribution in [3.05, 3.63) is 0 Å². The summed E-state index contributed by atoms with van der Waals surface area (Å²) in [6, 6.07) is -1.26. The Kier molecular flexibility index (Phi) is 13.6. The highest BCUT2D eigenvalue weighted by molar-refractivity contribution is 7.84. The van der Waals surface area contributed by atoms with Crippen LogP contribution in [0, 0.1) is 0 Å². The molecule has 0 aromatic heterocycles. The van der Waals surface area contributed by atoms with E-state index in [0.717, 1.165) is 0 Å². The summed E-state index contributed by atoms with van der Waals surface area (Å²) in [5.41, 5.74) is 5.28. The number of aliphatic hydroxyl groups excluding tert-OH is 1. The van der Waals surface area contributed by atoms with E-state index in [1.807, 2.05) is 0 Å². The third-order valence-electron chi connectivity index (χ3n) is 6.07. The fraction of sp³-hybridized carbons (Fsp3) is 0.900. The first-order chi connectivity index (χ1) is 21.2. The van der Waals surface area contributed by atoms with E-state index in [1.165, 1.54) is 0 Å². The maximum atomic E-state index is 14.0. The van der Waals surface area contributed by atoms with Crippen LogP contribution in [-0.2, 0) is 20.4 Å². The second kappa shape index (κ2) is 14.3. The molecule has 0 saturated carbocycles. The van der Waals surface area contributed by atoms with Gasteiger partial charge in [-0.2, -0.15) is 92.2 Å². The van der Waals surface area contributed by atoms with Gasteiger partial charge in [0, 0.05) is 47.6 Å². The molecular formula is C20H19F21N2O5S. The molecule has 3 atom stereocenters. The van der Waals surface area contributed by atoms with Crippen LogP contribution in [0.1, 0.15) is 25.7 Å². The summed E-state index contributed by atoms with van der Waals surface area (Å²) in [7, 11) is -3.08. The second-order valence-electron chi connectivity index (χ2n) is 9.82. The number of aliphatic hydroxyl groups is 1. The topological polar surface area (TPSA) is 130 Å². The van der Waals surface area contributed by atoms with Crippen LogP contribution in [0.3, 0.4) is 0 Å². The Hall–Kier alpha value is -2.46. The van der Waals surface area contributed by atoms with Gasteiger partial charge in [0.1, 0.15) is 6.23 Å². The van der Waals surface area contributed by atoms with Crippen LogP contribution in [0.2, 0.25) is 0 Å². The molecule has 0 rings (SSSR count). The fourth-order valence-corrected chi connectivity index (χ4v) is 4.31. The minimum atomic E-state index is -9.28. The van der Waals surface area contributed by atoms with Crippen molar-refractivity contribution >= 4 is 22.7 Å². The lowest BCUT2D eigenvalue weighted by Gasteiger charge is -2.44. The van der Waals surface area contributed by atoms with Gasteiger partial charge < -0.3 is 21.3 Å². The van der Waals surface area contributed by atoms with Crippen molar-refractivity contribution in [2.75, 3.05) is 11.5 Å². The standard InChI is InChI=1S/C20H19F21N2O5S/c21-11(22,2-4-49(48)3-1-8(44)43-9(45)5-7(42)6-10(46)47)12(23,24)13(25,26)14(27,28)15(29,30)16(31,32)17(33,34)18(35,36)19(37,38)20(39,40)41/h7,9,45H,1-6,42H2,(H,43,44)(H,46,47). The predicted octanol–water partition coefficient (Wildman–Crippen LogP) is 5.42. The summed E-state index contributed by atoms with van der Waals surface area (Å²) in [5, 5.41) is 19.7. The number of alkyl halides is 21. The molecule has 1 amide bonds. The number of amides is 1. The van der Waals surface area contributed by atoms with Gasteiger partial charge in [0.05, 0.1) is 6.42 Å². The average molecular weight is 798 g/mol. The van der Waals surface area contributed by atoms with Crippen LogP contribution in [0.25, 0.3) is 0 Å². The molecule has 0 fully saturated rings. The van der Waals surface area contributed by atoms with Crippen molar-refractivity contribution in [2.24, 2.45) is 5.73 Å². The second-order valence-corrected chi connectivity index (χ2v) is 11.5. The van der Waals surface area contributed by atoms with Crippen molar-refractivity contribution in [3.8, 4) is 0 Å². The van der Waals surface area contributed by atoms with Gasteiger partial charge in [0.2, 0.25) is 5.91 Å². The molecule has 3 unspecified atom stereocenters. The van der Waals surface area contributed by atoms with E-state index >= 15 is 0 Å². The van der Waals surface area contributed by atoms with E-state index in [0.29, 0.717) is 0 Å². The van der Waals surface area contributed by atoms with Gasteiger partial charge in [-0.1, -0.05) is 0 Å². The van der Waals surface area contributed by atoms with Crippen molar-refractivity contribution in [1.82, 2.24) is 5.32 Å². The summed E-state index contributed by atoms with van der Waals surface area (Å²) < 4.78 is 293. The molecule has 0 aromatic rings. The molecule has 0 aliphatic rings. The van der Waals surface area contributed by atoms with Crippen molar-refractivity contribution in [2.45, 2.75) is 97.4 Å². The van der Waals surface area contributed by atoms with Crippen LogP contribution in [-0.4, -0.2) is 110 Å². The smallest absolute Gasteiger partial charge is 0.460 e. The maximum Gasteiger partial charge on any atom is 0.460 e. The molecule has 7 nitrogen and oxygen atoms in total. The highest BCUT2D eigenvalue weighted by atomic mass is 32.2. The highest BCUT2D eigenvalue weighted by Gasteiger charge is 2.97. The van der Waals surface area contributed by atoms with Crippen LogP contribution in [0.4, 0.5) is 92.2 Å². The van der Waals surface area contributed by atoms with Crippen LogP contribution < -0.4 is 11.1 Å². The number of carboxylic acids is 1. The largest absolute Gasteiger partial charge is 0.481 e. The number of nitrogens with two attached hydrogens (primary N) is 1. The summed E-state index contributed by atoms with van der Waals surface area (Å²) >= 11 is 0. The molecule has 0 saturated heterocycles. The van der Waals surface area contributed by atoms with Gasteiger partial charge in [0.25, 0.3) is 0 Å². The summed E-state index contributed by atoms with van der Waals surface area (Å²) in [5.74, 6) is -84.3. The fourth-order valence-electron chi connectivity index (χ4n) is 3.21. The van der Waals surface area contributed by atoms with Gasteiger partial charge in [0.15, 0.2) is 0 Å². The monoisotopic (exact) mass is 798 g/mol. The molecule has 0 heterocycles. The van der Waals surface area contributed by atoms with E-state index in [-0.39, 0.29) is 0 Å². The molecule has 29 heteroatoms. The van der Waals surface area contributed by atoms with Crippen LogP contribution in [0.5, 0.6) is 0 Å². The third kappa shape index (κ3) is 8.37. The zero-order chi connectivity index (χ0) is 39.8. The Morgan fingerprint density at radius 1 is 0.612 bits per heavy atom. The molecule has 5 N–H and O–H groups in total. The first-order valence-corrected chi connectivity index (χ1v) is 13.5. The Morgan fingerprint density at radius 2 is 0.959 bits per heavy atom. The van der Waals surface area contributed by atoms with E-state index in [2.05, 4.69) is 0 Å². The van der Waals surface area contributed by atoms with Crippen molar-refractivity contribution in [3.63, 3.8) is 0 Å². The molecule has 292 valence electrons. The number of aliphatic carboxylic acids is 1. The van der Waals surface area contributed by atoms with E-state index in [9.17, 15) is 111 Å². The van der Waals surface area contributed by atoms with Gasteiger partial charge in [-0.25, -0.2) is 0 Å². The lowest BCUT2D eigenvalue weighted by Crippen LogP contribution is -2.76. The predicted molar refractivity (Wildman–Crippen MR) is 117 cm³/mol. The first kappa shape index (κ1) is 46.5. The van der Waals surface area contributed by atoms with Gasteiger partial charge in [-0.15, -0.1) is 0 Å². The minimum absolute atomic E-state index is 0.633. The molecule has 0 radical (unpaired) electrons. The summed E-state index contributed by atoms with van der Waals surface area (Å²) in [6.07, 6.45) is -15.5.